The van der Waals surface area contributed by atoms with Crippen LogP contribution in [0, 0.1) is 0 Å². The molecule has 21 heavy (non-hydrogen) atoms. The summed E-state index contributed by atoms with van der Waals surface area (Å²) >= 11 is 3.11. The molecule has 0 aliphatic carbocycles. The minimum absolute atomic E-state index is 0.0634. The van der Waals surface area contributed by atoms with E-state index in [1.807, 2.05) is 30.3 Å². The van der Waals surface area contributed by atoms with Crippen LogP contribution in [0.3, 0.4) is 0 Å². The zero-order valence-electron chi connectivity index (χ0n) is 11.7. The Kier molecular flexibility index (Phi) is 6.28. The van der Waals surface area contributed by atoms with Crippen LogP contribution in [0.4, 0.5) is 5.69 Å². The molecule has 2 rings (SSSR count). The van der Waals surface area contributed by atoms with Crippen LogP contribution in [0.25, 0.3) is 0 Å². The van der Waals surface area contributed by atoms with Crippen LogP contribution in [-0.2, 0) is 11.2 Å². The monoisotopic (exact) mass is 347 g/mol. The van der Waals surface area contributed by atoms with Crippen molar-refractivity contribution in [2.75, 3.05) is 17.3 Å². The number of carbonyl (C=O) groups excluding carboxylic acids is 1. The van der Waals surface area contributed by atoms with Gasteiger partial charge in [0.25, 0.3) is 0 Å². The summed E-state index contributed by atoms with van der Waals surface area (Å²) in [5, 5.41) is 3.06. The predicted molar refractivity (Wildman–Crippen MR) is 89.1 cm³/mol. The van der Waals surface area contributed by atoms with E-state index in [0.29, 0.717) is 11.9 Å². The summed E-state index contributed by atoms with van der Waals surface area (Å²) < 4.78 is 5.69. The number of amides is 1. The molecule has 0 saturated heterocycles. The second-order valence-corrected chi connectivity index (χ2v) is 5.20. The Morgan fingerprint density at radius 3 is 2.43 bits per heavy atom. The second kappa shape index (κ2) is 8.47. The van der Waals surface area contributed by atoms with Gasteiger partial charge in [-0.15, -0.1) is 0 Å². The number of halogens is 1. The van der Waals surface area contributed by atoms with Crippen molar-refractivity contribution >= 4 is 27.5 Å². The van der Waals surface area contributed by atoms with Crippen molar-refractivity contribution < 1.29 is 9.53 Å². The number of aryl methyl sites for hydroxylation is 1. The minimum Gasteiger partial charge on any atom is -0.494 e. The molecular weight excluding hydrogens is 330 g/mol. The lowest BCUT2D eigenvalue weighted by Gasteiger charge is -2.08. The summed E-state index contributed by atoms with van der Waals surface area (Å²) in [5.41, 5.74) is 2.10. The van der Waals surface area contributed by atoms with Gasteiger partial charge in [-0.25, -0.2) is 0 Å². The first-order valence-corrected chi connectivity index (χ1v) is 8.02. The van der Waals surface area contributed by atoms with Gasteiger partial charge in [-0.2, -0.15) is 0 Å². The number of hydrogen-bond donors (Lipinski definition) is 1. The molecule has 0 bridgehead atoms. The summed E-state index contributed by atoms with van der Waals surface area (Å²) in [7, 11) is 0. The van der Waals surface area contributed by atoms with Crippen molar-refractivity contribution in [1.29, 1.82) is 0 Å². The Morgan fingerprint density at radius 1 is 1.05 bits per heavy atom. The molecule has 0 radical (unpaired) electrons. The Morgan fingerprint density at radius 2 is 1.76 bits per heavy atom. The van der Waals surface area contributed by atoms with E-state index in [1.165, 1.54) is 5.56 Å². The van der Waals surface area contributed by atoms with Gasteiger partial charge in [-0.1, -0.05) is 46.3 Å². The third-order valence-electron chi connectivity index (χ3n) is 2.98. The van der Waals surface area contributed by atoms with E-state index in [1.54, 1.807) is 0 Å². The third kappa shape index (κ3) is 5.60. The molecule has 0 aliphatic heterocycles. The van der Waals surface area contributed by atoms with Crippen molar-refractivity contribution in [3.63, 3.8) is 0 Å². The summed E-state index contributed by atoms with van der Waals surface area (Å²) in [6, 6.07) is 17.8. The van der Waals surface area contributed by atoms with Gasteiger partial charge in [-0.05, 0) is 42.7 Å². The number of alkyl halides is 1. The molecule has 1 N–H and O–H groups in total. The van der Waals surface area contributed by atoms with E-state index in [0.717, 1.165) is 24.3 Å². The molecular formula is C17H18BrNO2. The molecule has 110 valence electrons. The number of carbonyl (C=O) groups is 1. The van der Waals surface area contributed by atoms with Crippen molar-refractivity contribution in [2.45, 2.75) is 12.8 Å². The Labute approximate surface area is 133 Å². The number of rotatable bonds is 7. The fourth-order valence-electron chi connectivity index (χ4n) is 1.94. The molecule has 0 saturated carbocycles. The minimum atomic E-state index is -0.0634. The fraction of sp³-hybridized carbons (Fsp3) is 0.235. The summed E-state index contributed by atoms with van der Waals surface area (Å²) in [5.74, 6) is 0.756. The number of benzene rings is 2. The van der Waals surface area contributed by atoms with Gasteiger partial charge in [0, 0.05) is 5.69 Å². The van der Waals surface area contributed by atoms with Gasteiger partial charge < -0.3 is 10.1 Å². The summed E-state index contributed by atoms with van der Waals surface area (Å²) in [4.78, 5) is 11.2. The predicted octanol–water partition coefficient (Wildman–Crippen LogP) is 4.03. The first-order valence-electron chi connectivity index (χ1n) is 6.90. The van der Waals surface area contributed by atoms with Gasteiger partial charge in [0.1, 0.15) is 5.75 Å². The maximum Gasteiger partial charge on any atom is 0.235 e. The van der Waals surface area contributed by atoms with Gasteiger partial charge >= 0.3 is 0 Å². The van der Waals surface area contributed by atoms with Crippen molar-refractivity contribution in [1.82, 2.24) is 0 Å². The van der Waals surface area contributed by atoms with E-state index < -0.39 is 0 Å². The maximum absolute atomic E-state index is 11.2. The van der Waals surface area contributed by atoms with Crippen LogP contribution < -0.4 is 10.1 Å². The van der Waals surface area contributed by atoms with Gasteiger partial charge in [0.15, 0.2) is 0 Å². The van der Waals surface area contributed by atoms with Crippen LogP contribution >= 0.6 is 15.9 Å². The SMILES string of the molecule is O=C(CBr)Nc1ccc(OCCCc2ccccc2)cc1. The molecule has 0 aliphatic rings. The number of ether oxygens (including phenoxy) is 1. The molecule has 4 heteroatoms. The molecule has 0 spiro atoms. The van der Waals surface area contributed by atoms with Crippen molar-refractivity contribution in [2.24, 2.45) is 0 Å². The first kappa shape index (κ1) is 15.6. The average Bonchev–Trinajstić information content (AvgIpc) is 2.54. The Balaban J connectivity index is 1.72. The van der Waals surface area contributed by atoms with E-state index in [9.17, 15) is 4.79 Å². The topological polar surface area (TPSA) is 38.3 Å². The highest BCUT2D eigenvalue weighted by atomic mass is 79.9. The number of hydrogen-bond acceptors (Lipinski definition) is 2. The Bertz CT molecular complexity index is 555. The molecule has 0 aromatic heterocycles. The van der Waals surface area contributed by atoms with Crippen molar-refractivity contribution in [3.8, 4) is 5.75 Å². The summed E-state index contributed by atoms with van der Waals surface area (Å²) in [6.07, 6.45) is 1.99. The van der Waals surface area contributed by atoms with Crippen LogP contribution in [0.1, 0.15) is 12.0 Å². The highest BCUT2D eigenvalue weighted by Crippen LogP contribution is 2.16. The van der Waals surface area contributed by atoms with E-state index in [2.05, 4.69) is 45.5 Å². The van der Waals surface area contributed by atoms with Crippen LogP contribution in [0.15, 0.2) is 54.6 Å². The lowest BCUT2D eigenvalue weighted by atomic mass is 10.1. The van der Waals surface area contributed by atoms with Gasteiger partial charge in [0.05, 0.1) is 11.9 Å². The largest absolute Gasteiger partial charge is 0.494 e. The Hall–Kier alpha value is -1.81. The highest BCUT2D eigenvalue weighted by Gasteiger charge is 2.00. The zero-order chi connectivity index (χ0) is 14.9. The van der Waals surface area contributed by atoms with Crippen LogP contribution in [-0.4, -0.2) is 17.8 Å². The quantitative estimate of drug-likeness (QED) is 0.606. The fourth-order valence-corrected chi connectivity index (χ4v) is 2.08. The third-order valence-corrected chi connectivity index (χ3v) is 3.49. The molecule has 0 fully saturated rings. The number of nitrogens with one attached hydrogen (secondary N) is 1. The first-order chi connectivity index (χ1) is 10.3. The molecule has 2 aromatic rings. The molecule has 0 heterocycles. The molecule has 1 amide bonds. The van der Waals surface area contributed by atoms with Crippen LogP contribution in [0.5, 0.6) is 5.75 Å². The summed E-state index contributed by atoms with van der Waals surface area (Å²) in [6.45, 7) is 0.683. The lowest BCUT2D eigenvalue weighted by molar-refractivity contribution is -0.113. The standard InChI is InChI=1S/C17H18BrNO2/c18-13-17(20)19-15-8-10-16(11-9-15)21-12-4-7-14-5-2-1-3-6-14/h1-3,5-6,8-11H,4,7,12-13H2,(H,19,20). The molecule has 0 unspecified atom stereocenters. The van der Waals surface area contributed by atoms with E-state index in [-0.39, 0.29) is 5.91 Å². The average molecular weight is 348 g/mol. The smallest absolute Gasteiger partial charge is 0.235 e. The maximum atomic E-state index is 11.2. The van der Waals surface area contributed by atoms with Crippen LogP contribution in [0.2, 0.25) is 0 Å². The normalized spacial score (nSPS) is 10.1. The van der Waals surface area contributed by atoms with Gasteiger partial charge in [-0.3, -0.25) is 4.79 Å². The van der Waals surface area contributed by atoms with E-state index >= 15 is 0 Å². The highest BCUT2D eigenvalue weighted by molar-refractivity contribution is 9.09. The second-order valence-electron chi connectivity index (χ2n) is 4.64. The lowest BCUT2D eigenvalue weighted by Crippen LogP contribution is -2.12. The van der Waals surface area contributed by atoms with Crippen molar-refractivity contribution in [3.05, 3.63) is 60.2 Å². The molecule has 0 atom stereocenters. The molecule has 3 nitrogen and oxygen atoms in total. The number of anilines is 1. The zero-order valence-corrected chi connectivity index (χ0v) is 13.3. The van der Waals surface area contributed by atoms with E-state index in [4.69, 9.17) is 4.74 Å². The molecule has 2 aromatic carbocycles. The van der Waals surface area contributed by atoms with Gasteiger partial charge in [0.2, 0.25) is 5.91 Å².